The Morgan fingerprint density at radius 2 is 2.07 bits per heavy atom. The van der Waals surface area contributed by atoms with E-state index in [1.807, 2.05) is 13.8 Å². The van der Waals surface area contributed by atoms with Gasteiger partial charge in [0.2, 0.25) is 11.5 Å². The summed E-state index contributed by atoms with van der Waals surface area (Å²) in [5.74, 6) is 0.931. The van der Waals surface area contributed by atoms with Crippen molar-refractivity contribution in [1.29, 1.82) is 0 Å². The first kappa shape index (κ1) is 18.9. The largest absolute Gasteiger partial charge is 0.437 e. The lowest BCUT2D eigenvalue weighted by atomic mass is 9.85. The smallest absolute Gasteiger partial charge is 0.339 e. The van der Waals surface area contributed by atoms with Crippen LogP contribution in [0.2, 0.25) is 0 Å². The van der Waals surface area contributed by atoms with Gasteiger partial charge in [0.1, 0.15) is 0 Å². The van der Waals surface area contributed by atoms with E-state index in [0.717, 1.165) is 0 Å². The minimum Gasteiger partial charge on any atom is -0.437 e. The summed E-state index contributed by atoms with van der Waals surface area (Å²) in [6.45, 7) is 3.77. The molecule has 1 aromatic rings. The van der Waals surface area contributed by atoms with Gasteiger partial charge in [0.25, 0.3) is 0 Å². The summed E-state index contributed by atoms with van der Waals surface area (Å²) in [5.41, 5.74) is -1.11. The molecule has 6 heteroatoms. The molecule has 1 aromatic carbocycles. The number of ketones is 1. The molecular weight excluding hydrogens is 346 g/mol. The number of nitrogens with zero attached hydrogens (tertiary/aromatic N) is 1. The number of rotatable bonds is 4. The standard InChI is InChI=1S/C21H21NO5/c1-4-17-14(3)21(5-2,27-19(25)15-9-7-6-8-10-15)20(26-17)22-12-11-16(23)13-18(22)24/h2,6-12,14,17,20H,4,13H2,1,3H3/t14-,17-,20?,21-/m1/s1. The van der Waals surface area contributed by atoms with Gasteiger partial charge < -0.3 is 9.47 Å². The summed E-state index contributed by atoms with van der Waals surface area (Å²) in [7, 11) is 0. The molecule has 27 heavy (non-hydrogen) atoms. The molecule has 140 valence electrons. The number of carbonyl (C=O) groups is 3. The number of hydrogen-bond donors (Lipinski definition) is 0. The molecule has 3 rings (SSSR count). The van der Waals surface area contributed by atoms with Crippen LogP contribution in [0.25, 0.3) is 0 Å². The molecule has 1 unspecified atom stereocenters. The van der Waals surface area contributed by atoms with Crippen LogP contribution in [0.15, 0.2) is 42.6 Å². The van der Waals surface area contributed by atoms with E-state index in [1.54, 1.807) is 30.3 Å². The Bertz CT molecular complexity index is 825. The molecule has 4 atom stereocenters. The molecular formula is C21H21NO5. The van der Waals surface area contributed by atoms with E-state index in [1.165, 1.54) is 17.2 Å². The summed E-state index contributed by atoms with van der Waals surface area (Å²) in [4.78, 5) is 37.9. The first-order valence-electron chi connectivity index (χ1n) is 8.86. The Morgan fingerprint density at radius 1 is 1.37 bits per heavy atom. The molecule has 6 nitrogen and oxygen atoms in total. The SMILES string of the molecule is C#C[C@]1(OC(=O)c2ccccc2)C(N2C=CC(=O)CC2=O)O[C@H](CC)[C@H]1C. The second-order valence-electron chi connectivity index (χ2n) is 6.68. The first-order chi connectivity index (χ1) is 12.9. The molecule has 0 bridgehead atoms. The van der Waals surface area contributed by atoms with Gasteiger partial charge in [-0.15, -0.1) is 6.42 Å². The number of benzene rings is 1. The molecule has 1 fully saturated rings. The van der Waals surface area contributed by atoms with E-state index in [0.29, 0.717) is 12.0 Å². The zero-order valence-corrected chi connectivity index (χ0v) is 15.3. The number of amides is 1. The van der Waals surface area contributed by atoms with Crippen LogP contribution in [-0.2, 0) is 19.1 Å². The molecule has 0 N–H and O–H groups in total. The maximum absolute atomic E-state index is 12.7. The van der Waals surface area contributed by atoms with Crippen molar-refractivity contribution in [3.63, 3.8) is 0 Å². The fourth-order valence-electron chi connectivity index (χ4n) is 3.52. The van der Waals surface area contributed by atoms with E-state index in [4.69, 9.17) is 15.9 Å². The predicted octanol–water partition coefficient (Wildman–Crippen LogP) is 2.30. The number of terminal acetylenes is 1. The van der Waals surface area contributed by atoms with E-state index < -0.39 is 23.7 Å². The van der Waals surface area contributed by atoms with Crippen molar-refractivity contribution in [2.45, 2.75) is 44.6 Å². The third-order valence-corrected chi connectivity index (χ3v) is 5.09. The Balaban J connectivity index is 1.99. The van der Waals surface area contributed by atoms with Crippen LogP contribution in [0, 0.1) is 18.3 Å². The Labute approximate surface area is 158 Å². The van der Waals surface area contributed by atoms with Crippen LogP contribution in [0.4, 0.5) is 0 Å². The molecule has 2 aliphatic rings. The summed E-state index contributed by atoms with van der Waals surface area (Å²) < 4.78 is 11.8. The molecule has 2 heterocycles. The van der Waals surface area contributed by atoms with Gasteiger partial charge in [0, 0.05) is 12.1 Å². The topological polar surface area (TPSA) is 72.9 Å². The number of ether oxygens (including phenoxy) is 2. The van der Waals surface area contributed by atoms with Crippen LogP contribution in [-0.4, -0.2) is 40.5 Å². The van der Waals surface area contributed by atoms with Crippen LogP contribution in [0.5, 0.6) is 0 Å². The normalized spacial score (nSPS) is 30.3. The average molecular weight is 367 g/mol. The van der Waals surface area contributed by atoms with Crippen molar-refractivity contribution in [3.8, 4) is 12.3 Å². The van der Waals surface area contributed by atoms with Gasteiger partial charge in [-0.3, -0.25) is 14.5 Å². The lowest BCUT2D eigenvalue weighted by Gasteiger charge is -2.37. The summed E-state index contributed by atoms with van der Waals surface area (Å²) in [5, 5.41) is 0. The fraction of sp³-hybridized carbons (Fsp3) is 0.381. The fourth-order valence-corrected chi connectivity index (χ4v) is 3.52. The average Bonchev–Trinajstić information content (AvgIpc) is 2.94. The van der Waals surface area contributed by atoms with Gasteiger partial charge in [-0.25, -0.2) is 4.79 Å². The highest BCUT2D eigenvalue weighted by molar-refractivity contribution is 6.06. The first-order valence-corrected chi connectivity index (χ1v) is 8.86. The summed E-state index contributed by atoms with van der Waals surface area (Å²) in [6, 6.07) is 8.50. The second kappa shape index (κ2) is 7.37. The highest BCUT2D eigenvalue weighted by Gasteiger charge is 2.59. The molecule has 0 saturated carbocycles. The van der Waals surface area contributed by atoms with Crippen LogP contribution >= 0.6 is 0 Å². The monoisotopic (exact) mass is 367 g/mol. The molecule has 1 saturated heterocycles. The van der Waals surface area contributed by atoms with Gasteiger partial charge >= 0.3 is 5.97 Å². The molecule has 0 radical (unpaired) electrons. The van der Waals surface area contributed by atoms with Crippen molar-refractivity contribution >= 4 is 17.7 Å². The van der Waals surface area contributed by atoms with Gasteiger partial charge in [-0.2, -0.15) is 0 Å². The third kappa shape index (κ3) is 3.26. The number of esters is 1. The van der Waals surface area contributed by atoms with Gasteiger partial charge in [0.05, 0.1) is 18.1 Å². The van der Waals surface area contributed by atoms with Crippen LogP contribution in [0.1, 0.15) is 37.0 Å². The van der Waals surface area contributed by atoms with Gasteiger partial charge in [-0.1, -0.05) is 38.0 Å². The minimum atomic E-state index is -1.46. The highest BCUT2D eigenvalue weighted by atomic mass is 16.6. The molecule has 0 aliphatic carbocycles. The minimum absolute atomic E-state index is 0.269. The number of carbonyl (C=O) groups excluding carboxylic acids is 3. The zero-order chi connectivity index (χ0) is 19.6. The second-order valence-corrected chi connectivity index (χ2v) is 6.68. The van der Waals surface area contributed by atoms with Crippen molar-refractivity contribution in [2.75, 3.05) is 0 Å². The molecule has 0 spiro atoms. The molecule has 2 aliphatic heterocycles. The van der Waals surface area contributed by atoms with Crippen LogP contribution in [0.3, 0.4) is 0 Å². The highest BCUT2D eigenvalue weighted by Crippen LogP contribution is 2.43. The summed E-state index contributed by atoms with van der Waals surface area (Å²) >= 11 is 0. The van der Waals surface area contributed by atoms with Crippen LogP contribution < -0.4 is 0 Å². The summed E-state index contributed by atoms with van der Waals surface area (Å²) in [6.07, 6.45) is 7.56. The molecule has 1 amide bonds. The zero-order valence-electron chi connectivity index (χ0n) is 15.3. The van der Waals surface area contributed by atoms with Crippen molar-refractivity contribution in [2.24, 2.45) is 5.92 Å². The molecule has 0 aromatic heterocycles. The van der Waals surface area contributed by atoms with Crippen molar-refractivity contribution < 1.29 is 23.9 Å². The van der Waals surface area contributed by atoms with E-state index >= 15 is 0 Å². The van der Waals surface area contributed by atoms with E-state index in [9.17, 15) is 14.4 Å². The quantitative estimate of drug-likeness (QED) is 0.464. The van der Waals surface area contributed by atoms with E-state index in [-0.39, 0.29) is 24.2 Å². The lowest BCUT2D eigenvalue weighted by molar-refractivity contribution is -0.152. The lowest BCUT2D eigenvalue weighted by Crippen LogP contribution is -2.55. The number of allylic oxidation sites excluding steroid dienone is 1. The Hall–Kier alpha value is -2.91. The van der Waals surface area contributed by atoms with Gasteiger partial charge in [0.15, 0.2) is 12.0 Å². The third-order valence-electron chi connectivity index (χ3n) is 5.09. The Morgan fingerprint density at radius 3 is 2.67 bits per heavy atom. The van der Waals surface area contributed by atoms with Crippen molar-refractivity contribution in [3.05, 3.63) is 48.2 Å². The van der Waals surface area contributed by atoms with Gasteiger partial charge in [-0.05, 0) is 24.6 Å². The maximum Gasteiger partial charge on any atom is 0.339 e. The van der Waals surface area contributed by atoms with Crippen molar-refractivity contribution in [1.82, 2.24) is 4.90 Å². The maximum atomic E-state index is 12.7. The van der Waals surface area contributed by atoms with E-state index in [2.05, 4.69) is 5.92 Å². The number of hydrogen-bond acceptors (Lipinski definition) is 5. The Kier molecular flexibility index (Phi) is 5.15. The predicted molar refractivity (Wildman–Crippen MR) is 97.1 cm³/mol.